The molecule has 2 aliphatic heterocycles. The highest BCUT2D eigenvalue weighted by molar-refractivity contribution is 8.00. The van der Waals surface area contributed by atoms with Gasteiger partial charge in [0.2, 0.25) is 17.1 Å². The van der Waals surface area contributed by atoms with Crippen LogP contribution in [0.25, 0.3) is 0 Å². The highest BCUT2D eigenvalue weighted by Crippen LogP contribution is 2.39. The molecule has 7 nitrogen and oxygen atoms in total. The monoisotopic (exact) mass is 474 g/mol. The number of nitrogens with one attached hydrogen (secondary N) is 2. The molecule has 3 heterocycles. The maximum Gasteiger partial charge on any atom is 0.240 e. The van der Waals surface area contributed by atoms with Gasteiger partial charge in [-0.3, -0.25) is 9.21 Å². The number of benzene rings is 4. The summed E-state index contributed by atoms with van der Waals surface area (Å²) in [5, 5.41) is 3.85. The van der Waals surface area contributed by atoms with E-state index in [1.165, 1.54) is 11.9 Å². The highest BCUT2D eigenvalue weighted by Gasteiger charge is 2.22. The summed E-state index contributed by atoms with van der Waals surface area (Å²) in [6, 6.07) is 35.6. The van der Waals surface area contributed by atoms with E-state index < -0.39 is 0 Å². The molecule has 0 saturated carbocycles. The first-order valence-corrected chi connectivity index (χ1v) is 11.8. The lowest BCUT2D eigenvalue weighted by molar-refractivity contribution is 0.900. The molecule has 0 aliphatic carbocycles. The Morgan fingerprint density at radius 1 is 0.657 bits per heavy atom. The van der Waals surface area contributed by atoms with Gasteiger partial charge in [-0.2, -0.15) is 15.0 Å². The van der Waals surface area contributed by atoms with Crippen molar-refractivity contribution in [3.8, 4) is 0 Å². The molecule has 0 unspecified atom stereocenters. The van der Waals surface area contributed by atoms with E-state index in [-0.39, 0.29) is 0 Å². The molecule has 4 bridgehead atoms. The smallest absolute Gasteiger partial charge is 0.240 e. The van der Waals surface area contributed by atoms with Crippen LogP contribution in [0.2, 0.25) is 0 Å². The zero-order chi connectivity index (χ0) is 23.6. The third kappa shape index (κ3) is 4.34. The number of aromatic nitrogens is 3. The van der Waals surface area contributed by atoms with Crippen molar-refractivity contribution in [1.82, 2.24) is 20.7 Å². The van der Waals surface area contributed by atoms with Gasteiger partial charge < -0.3 is 11.1 Å². The Morgan fingerprint density at radius 3 is 2.00 bits per heavy atom. The minimum atomic E-state index is 0.460. The van der Waals surface area contributed by atoms with Crippen LogP contribution in [0.4, 0.5) is 46.0 Å². The van der Waals surface area contributed by atoms with E-state index in [1.807, 2.05) is 102 Å². The van der Waals surface area contributed by atoms with Crippen LogP contribution in [0.15, 0.2) is 114 Å². The summed E-state index contributed by atoms with van der Waals surface area (Å²) in [6.07, 6.45) is 0. The molecule has 2 N–H and O–H groups in total. The predicted octanol–water partition coefficient (Wildman–Crippen LogP) is 7.16. The molecule has 0 fully saturated rings. The fourth-order valence-corrected chi connectivity index (χ4v) is 4.69. The SMILES string of the molecule is [NH]c1ccc(N(Sc2nc3nc(n2)N(c2ccccc2)c2ccc(cc2)N3)c2ccccc2)cc1. The summed E-state index contributed by atoms with van der Waals surface area (Å²) in [6.45, 7) is 0. The molecular weight excluding hydrogens is 454 g/mol. The number of anilines is 7. The molecule has 35 heavy (non-hydrogen) atoms. The van der Waals surface area contributed by atoms with Gasteiger partial charge in [0.05, 0.1) is 17.1 Å². The van der Waals surface area contributed by atoms with Crippen LogP contribution in [0.5, 0.6) is 0 Å². The number of hydrogen-bond donors (Lipinski definition) is 1. The molecule has 0 amide bonds. The van der Waals surface area contributed by atoms with Crippen LogP contribution >= 0.6 is 11.9 Å². The van der Waals surface area contributed by atoms with Gasteiger partial charge in [-0.15, -0.1) is 0 Å². The third-order valence-corrected chi connectivity index (χ3v) is 6.41. The Balaban J connectivity index is 1.46. The number of para-hydroxylation sites is 2. The van der Waals surface area contributed by atoms with Gasteiger partial charge in [0.1, 0.15) is 0 Å². The molecule has 0 spiro atoms. The average molecular weight is 475 g/mol. The molecule has 8 heteroatoms. The van der Waals surface area contributed by atoms with Crippen molar-refractivity contribution in [2.75, 3.05) is 14.5 Å². The van der Waals surface area contributed by atoms with Gasteiger partial charge in [0.25, 0.3) is 0 Å². The van der Waals surface area contributed by atoms with Crippen molar-refractivity contribution in [1.29, 1.82) is 0 Å². The first kappa shape index (κ1) is 21.0. The lowest BCUT2D eigenvalue weighted by Gasteiger charge is -2.25. The zero-order valence-corrected chi connectivity index (χ0v) is 19.4. The van der Waals surface area contributed by atoms with Crippen LogP contribution in [0, 0.1) is 0 Å². The van der Waals surface area contributed by atoms with E-state index >= 15 is 0 Å². The zero-order valence-electron chi connectivity index (χ0n) is 18.5. The standard InChI is InChI=1S/C27H20N7S/c28-19-11-15-24(16-12-19)34(23-9-5-2-6-10-23)35-27-31-25-29-20-13-17-22(18-14-20)33(26(30-25)32-27)21-7-3-1-4-8-21/h1-18,28H,(H,29,30,31,32). The van der Waals surface area contributed by atoms with Gasteiger partial charge in [0.15, 0.2) is 0 Å². The normalized spacial score (nSPS) is 11.8. The van der Waals surface area contributed by atoms with Gasteiger partial charge >= 0.3 is 0 Å². The van der Waals surface area contributed by atoms with E-state index in [1.54, 1.807) is 12.1 Å². The van der Waals surface area contributed by atoms with Gasteiger partial charge in [0, 0.05) is 29.0 Å². The summed E-state index contributed by atoms with van der Waals surface area (Å²) in [7, 11) is 0. The molecule has 1 aromatic heterocycles. The number of hydrogen-bond acceptors (Lipinski definition) is 7. The lowest BCUT2D eigenvalue weighted by Crippen LogP contribution is -2.15. The number of fused-ring (bicyclic) bond motifs is 2. The second-order valence-corrected chi connectivity index (χ2v) is 8.77. The van der Waals surface area contributed by atoms with Crippen LogP contribution in [-0.2, 0) is 0 Å². The van der Waals surface area contributed by atoms with E-state index in [9.17, 15) is 0 Å². The minimum absolute atomic E-state index is 0.460. The molecule has 7 rings (SSSR count). The first-order valence-electron chi connectivity index (χ1n) is 11.1. The highest BCUT2D eigenvalue weighted by atomic mass is 32.2. The van der Waals surface area contributed by atoms with E-state index in [0.29, 0.717) is 22.7 Å². The average Bonchev–Trinajstić information content (AvgIpc) is 2.98. The van der Waals surface area contributed by atoms with E-state index in [2.05, 4.69) is 9.62 Å². The van der Waals surface area contributed by atoms with Crippen molar-refractivity contribution in [2.24, 2.45) is 0 Å². The van der Waals surface area contributed by atoms with Gasteiger partial charge in [-0.05, 0) is 72.8 Å². The molecule has 169 valence electrons. The van der Waals surface area contributed by atoms with Gasteiger partial charge in [-0.1, -0.05) is 36.4 Å². The second kappa shape index (κ2) is 9.00. The number of rotatable bonds is 5. The molecule has 5 aromatic rings. The minimum Gasteiger partial charge on any atom is -0.324 e. The maximum atomic E-state index is 7.87. The molecular formula is C27H20N7S. The molecule has 1 radical (unpaired) electrons. The Kier molecular flexibility index (Phi) is 5.40. The van der Waals surface area contributed by atoms with Crippen molar-refractivity contribution < 1.29 is 0 Å². The Hall–Kier alpha value is -4.56. The summed E-state index contributed by atoms with van der Waals surface area (Å²) in [5.41, 5.74) is 13.1. The van der Waals surface area contributed by atoms with Crippen molar-refractivity contribution >= 4 is 58.0 Å². The molecule has 0 atom stereocenters. The van der Waals surface area contributed by atoms with Crippen LogP contribution in [0.3, 0.4) is 0 Å². The summed E-state index contributed by atoms with van der Waals surface area (Å²) in [5.74, 6) is 0.999. The maximum absolute atomic E-state index is 7.87. The largest absolute Gasteiger partial charge is 0.324 e. The van der Waals surface area contributed by atoms with Gasteiger partial charge in [-0.25, -0.2) is 0 Å². The summed E-state index contributed by atoms with van der Waals surface area (Å²) in [4.78, 5) is 16.4. The third-order valence-electron chi connectivity index (χ3n) is 5.46. The summed E-state index contributed by atoms with van der Waals surface area (Å²) < 4.78 is 2.06. The fraction of sp³-hybridized carbons (Fsp3) is 0. The van der Waals surface area contributed by atoms with Crippen LogP contribution in [-0.4, -0.2) is 15.0 Å². The molecule has 2 aliphatic rings. The lowest BCUT2D eigenvalue weighted by atomic mass is 10.2. The Labute approximate surface area is 207 Å². The molecule has 0 saturated heterocycles. The first-order chi connectivity index (χ1) is 17.2. The Morgan fingerprint density at radius 2 is 1.29 bits per heavy atom. The molecule has 4 aromatic carbocycles. The second-order valence-electron chi connectivity index (χ2n) is 7.85. The van der Waals surface area contributed by atoms with Crippen molar-refractivity contribution in [2.45, 2.75) is 5.16 Å². The quantitative estimate of drug-likeness (QED) is 0.266. The number of nitrogens with zero attached hydrogens (tertiary/aromatic N) is 5. The fourth-order valence-electron chi connectivity index (χ4n) is 3.82. The van der Waals surface area contributed by atoms with Crippen molar-refractivity contribution in [3.05, 3.63) is 109 Å². The topological polar surface area (TPSA) is 81.0 Å². The van der Waals surface area contributed by atoms with E-state index in [4.69, 9.17) is 20.7 Å². The predicted molar refractivity (Wildman–Crippen MR) is 141 cm³/mol. The van der Waals surface area contributed by atoms with E-state index in [0.717, 1.165) is 28.4 Å². The van der Waals surface area contributed by atoms with Crippen molar-refractivity contribution in [3.63, 3.8) is 0 Å². The van der Waals surface area contributed by atoms with Crippen LogP contribution in [0.1, 0.15) is 0 Å². The summed E-state index contributed by atoms with van der Waals surface area (Å²) >= 11 is 1.41. The Bertz CT molecular complexity index is 1440. The van der Waals surface area contributed by atoms with Crippen LogP contribution < -0.4 is 20.3 Å².